The summed E-state index contributed by atoms with van der Waals surface area (Å²) in [5.74, 6) is 0.106. The standard InChI is InChI=1S/C13H24N4O4/c1-3-4-7-21-8-5-15-10-11(14)17(6-9-20-2)13(19)16-12(10)18/h15H,3-9,14H2,1-2H3,(H,16,18,19). The highest BCUT2D eigenvalue weighted by Crippen LogP contribution is 2.09. The van der Waals surface area contributed by atoms with E-state index in [9.17, 15) is 9.59 Å². The molecule has 1 aromatic rings. The van der Waals surface area contributed by atoms with Crippen LogP contribution in [0.5, 0.6) is 0 Å². The molecule has 0 saturated carbocycles. The third-order valence-electron chi connectivity index (χ3n) is 2.95. The topological polar surface area (TPSA) is 111 Å². The second-order valence-electron chi connectivity index (χ2n) is 4.56. The van der Waals surface area contributed by atoms with Crippen molar-refractivity contribution in [2.24, 2.45) is 0 Å². The number of rotatable bonds is 10. The Morgan fingerprint density at radius 2 is 2.05 bits per heavy atom. The van der Waals surface area contributed by atoms with Crippen LogP contribution < -0.4 is 22.3 Å². The van der Waals surface area contributed by atoms with Gasteiger partial charge in [0.1, 0.15) is 11.5 Å². The van der Waals surface area contributed by atoms with Crippen molar-refractivity contribution in [1.82, 2.24) is 9.55 Å². The van der Waals surface area contributed by atoms with Gasteiger partial charge in [-0.3, -0.25) is 14.3 Å². The number of aromatic amines is 1. The van der Waals surface area contributed by atoms with Crippen LogP contribution in [0, 0.1) is 0 Å². The zero-order valence-corrected chi connectivity index (χ0v) is 12.6. The van der Waals surface area contributed by atoms with Crippen LogP contribution in [0.15, 0.2) is 9.59 Å². The fraction of sp³-hybridized carbons (Fsp3) is 0.692. The summed E-state index contributed by atoms with van der Waals surface area (Å²) in [6.45, 7) is 4.30. The monoisotopic (exact) mass is 300 g/mol. The van der Waals surface area contributed by atoms with Gasteiger partial charge in [-0.25, -0.2) is 4.79 Å². The van der Waals surface area contributed by atoms with Crippen molar-refractivity contribution in [1.29, 1.82) is 0 Å². The highest BCUT2D eigenvalue weighted by molar-refractivity contribution is 5.60. The number of nitrogens with zero attached hydrogens (tertiary/aromatic N) is 1. The van der Waals surface area contributed by atoms with E-state index in [0.717, 1.165) is 12.8 Å². The highest BCUT2D eigenvalue weighted by atomic mass is 16.5. The Kier molecular flexibility index (Phi) is 7.55. The van der Waals surface area contributed by atoms with Crippen molar-refractivity contribution in [3.63, 3.8) is 0 Å². The third kappa shape index (κ3) is 5.24. The maximum Gasteiger partial charge on any atom is 0.330 e. The number of H-pyrrole nitrogens is 1. The normalized spacial score (nSPS) is 10.8. The van der Waals surface area contributed by atoms with Crippen LogP contribution in [0.2, 0.25) is 0 Å². The Hall–Kier alpha value is -1.80. The summed E-state index contributed by atoms with van der Waals surface area (Å²) in [7, 11) is 1.53. The van der Waals surface area contributed by atoms with Crippen LogP contribution >= 0.6 is 0 Å². The van der Waals surface area contributed by atoms with Gasteiger partial charge in [0.25, 0.3) is 5.56 Å². The Bertz CT molecular complexity index is 538. The van der Waals surface area contributed by atoms with Gasteiger partial charge in [0.2, 0.25) is 0 Å². The molecule has 21 heavy (non-hydrogen) atoms. The Morgan fingerprint density at radius 3 is 2.71 bits per heavy atom. The van der Waals surface area contributed by atoms with Gasteiger partial charge < -0.3 is 20.5 Å². The molecule has 0 aliphatic heterocycles. The van der Waals surface area contributed by atoms with E-state index < -0.39 is 11.2 Å². The maximum absolute atomic E-state index is 11.8. The molecule has 4 N–H and O–H groups in total. The average Bonchev–Trinajstić information content (AvgIpc) is 2.45. The number of unbranched alkanes of at least 4 members (excludes halogenated alkanes) is 1. The van der Waals surface area contributed by atoms with E-state index in [4.69, 9.17) is 15.2 Å². The molecule has 0 fully saturated rings. The largest absolute Gasteiger partial charge is 0.383 e. The molecule has 0 spiro atoms. The Morgan fingerprint density at radius 1 is 1.29 bits per heavy atom. The molecule has 0 aromatic carbocycles. The molecule has 8 heteroatoms. The first kappa shape index (κ1) is 17.3. The Balaban J connectivity index is 2.68. The predicted octanol–water partition coefficient (Wildman–Crippen LogP) is -0.00620. The number of nitrogens with two attached hydrogens (primary N) is 1. The molecule has 0 saturated heterocycles. The van der Waals surface area contributed by atoms with Crippen molar-refractivity contribution >= 4 is 11.5 Å². The zero-order valence-electron chi connectivity index (χ0n) is 12.6. The third-order valence-corrected chi connectivity index (χ3v) is 2.95. The number of nitrogens with one attached hydrogen (secondary N) is 2. The molecule has 120 valence electrons. The number of nitrogen functional groups attached to an aromatic ring is 1. The molecule has 0 atom stereocenters. The summed E-state index contributed by atoms with van der Waals surface area (Å²) < 4.78 is 11.6. The van der Waals surface area contributed by atoms with E-state index in [2.05, 4.69) is 17.2 Å². The van der Waals surface area contributed by atoms with Crippen LogP contribution in [-0.4, -0.2) is 43.0 Å². The summed E-state index contributed by atoms with van der Waals surface area (Å²) in [6.07, 6.45) is 2.08. The summed E-state index contributed by atoms with van der Waals surface area (Å²) in [5, 5.41) is 2.91. The number of methoxy groups -OCH3 is 1. The highest BCUT2D eigenvalue weighted by Gasteiger charge is 2.11. The SMILES string of the molecule is CCCCOCCNc1c(N)n(CCOC)c(=O)[nH]c1=O. The van der Waals surface area contributed by atoms with Gasteiger partial charge in [-0.2, -0.15) is 0 Å². The number of aromatic nitrogens is 2. The minimum atomic E-state index is -0.542. The molecule has 0 aliphatic rings. The van der Waals surface area contributed by atoms with Crippen LogP contribution in [0.1, 0.15) is 19.8 Å². The molecule has 0 bridgehead atoms. The van der Waals surface area contributed by atoms with E-state index in [0.29, 0.717) is 26.4 Å². The van der Waals surface area contributed by atoms with Gasteiger partial charge in [0, 0.05) is 20.3 Å². The van der Waals surface area contributed by atoms with Crippen LogP contribution in [0.25, 0.3) is 0 Å². The molecule has 1 heterocycles. The quantitative estimate of drug-likeness (QED) is 0.524. The number of anilines is 2. The number of hydrogen-bond acceptors (Lipinski definition) is 6. The number of ether oxygens (including phenoxy) is 2. The molecule has 0 unspecified atom stereocenters. The molecule has 0 aliphatic carbocycles. The van der Waals surface area contributed by atoms with E-state index in [1.54, 1.807) is 0 Å². The van der Waals surface area contributed by atoms with Gasteiger partial charge in [0.15, 0.2) is 0 Å². The lowest BCUT2D eigenvalue weighted by atomic mass is 10.4. The summed E-state index contributed by atoms with van der Waals surface area (Å²) in [4.78, 5) is 25.7. The molecule has 0 radical (unpaired) electrons. The van der Waals surface area contributed by atoms with Crippen LogP contribution in [0.4, 0.5) is 11.5 Å². The van der Waals surface area contributed by atoms with E-state index >= 15 is 0 Å². The zero-order chi connectivity index (χ0) is 15.7. The van der Waals surface area contributed by atoms with Gasteiger partial charge >= 0.3 is 5.69 Å². The van der Waals surface area contributed by atoms with Crippen molar-refractivity contribution in [2.75, 3.05) is 44.5 Å². The minimum absolute atomic E-state index is 0.106. The molecule has 8 nitrogen and oxygen atoms in total. The summed E-state index contributed by atoms with van der Waals surface area (Å²) >= 11 is 0. The van der Waals surface area contributed by atoms with Gasteiger partial charge in [-0.15, -0.1) is 0 Å². The van der Waals surface area contributed by atoms with E-state index in [-0.39, 0.29) is 18.1 Å². The lowest BCUT2D eigenvalue weighted by Crippen LogP contribution is -2.35. The lowest BCUT2D eigenvalue weighted by molar-refractivity contribution is 0.141. The van der Waals surface area contributed by atoms with Crippen LogP contribution in [-0.2, 0) is 16.0 Å². The second kappa shape index (κ2) is 9.19. The van der Waals surface area contributed by atoms with Crippen molar-refractivity contribution < 1.29 is 9.47 Å². The van der Waals surface area contributed by atoms with Crippen molar-refractivity contribution in [3.05, 3.63) is 20.8 Å². The predicted molar refractivity (Wildman–Crippen MR) is 81.8 cm³/mol. The van der Waals surface area contributed by atoms with Gasteiger partial charge in [-0.05, 0) is 6.42 Å². The maximum atomic E-state index is 11.8. The lowest BCUT2D eigenvalue weighted by Gasteiger charge is -2.13. The fourth-order valence-corrected chi connectivity index (χ4v) is 1.76. The first-order valence-corrected chi connectivity index (χ1v) is 7.05. The van der Waals surface area contributed by atoms with Crippen LogP contribution in [0.3, 0.4) is 0 Å². The number of hydrogen-bond donors (Lipinski definition) is 3. The van der Waals surface area contributed by atoms with Crippen molar-refractivity contribution in [2.45, 2.75) is 26.3 Å². The van der Waals surface area contributed by atoms with Crippen molar-refractivity contribution in [3.8, 4) is 0 Å². The first-order valence-electron chi connectivity index (χ1n) is 7.05. The van der Waals surface area contributed by atoms with Gasteiger partial charge in [-0.1, -0.05) is 13.3 Å². The summed E-state index contributed by atoms with van der Waals surface area (Å²) in [6, 6.07) is 0. The average molecular weight is 300 g/mol. The molecule has 1 aromatic heterocycles. The first-order chi connectivity index (χ1) is 10.1. The fourth-order valence-electron chi connectivity index (χ4n) is 1.76. The second-order valence-corrected chi connectivity index (χ2v) is 4.56. The van der Waals surface area contributed by atoms with E-state index in [1.807, 2.05) is 0 Å². The molecular formula is C13H24N4O4. The van der Waals surface area contributed by atoms with E-state index in [1.165, 1.54) is 11.7 Å². The summed E-state index contributed by atoms with van der Waals surface area (Å²) in [5.41, 5.74) is 4.99. The molecular weight excluding hydrogens is 276 g/mol. The Labute approximate surface area is 123 Å². The molecule has 0 amide bonds. The molecule has 1 rings (SSSR count). The smallest absolute Gasteiger partial charge is 0.330 e. The van der Waals surface area contributed by atoms with Gasteiger partial charge in [0.05, 0.1) is 19.8 Å². The minimum Gasteiger partial charge on any atom is -0.383 e.